The quantitative estimate of drug-likeness (QED) is 0.221. The highest BCUT2D eigenvalue weighted by Gasteiger charge is 2.13. The number of hydrogen-bond acceptors (Lipinski definition) is 8. The van der Waals surface area contributed by atoms with Gasteiger partial charge in [0.1, 0.15) is 25.6 Å². The number of benzene rings is 2. The van der Waals surface area contributed by atoms with Crippen LogP contribution in [0.25, 0.3) is 11.1 Å². The van der Waals surface area contributed by atoms with Crippen molar-refractivity contribution >= 4 is 23.7 Å². The van der Waals surface area contributed by atoms with Crippen LogP contribution in [-0.2, 0) is 53.2 Å². The van der Waals surface area contributed by atoms with E-state index in [0.29, 0.717) is 33.6 Å². The highest BCUT2D eigenvalue weighted by molar-refractivity contribution is 5.90. The van der Waals surface area contributed by atoms with Gasteiger partial charge >= 0.3 is 17.9 Å². The first-order chi connectivity index (χ1) is 17.3. The number of ether oxygens (including phenoxy) is 4. The number of carbonyl (C=O) groups excluding carboxylic acids is 4. The zero-order valence-corrected chi connectivity index (χ0v) is 19.7. The van der Waals surface area contributed by atoms with E-state index in [4.69, 9.17) is 18.9 Å². The van der Waals surface area contributed by atoms with Gasteiger partial charge in [-0.15, -0.1) is 0 Å². The van der Waals surface area contributed by atoms with Gasteiger partial charge in [-0.2, -0.15) is 0 Å². The van der Waals surface area contributed by atoms with Crippen molar-refractivity contribution in [3.05, 3.63) is 104 Å². The number of esters is 3. The lowest BCUT2D eigenvalue weighted by atomic mass is 9.96. The predicted octanol–water partition coefficient (Wildman–Crippen LogP) is 4.18. The van der Waals surface area contributed by atoms with Gasteiger partial charge in [-0.1, -0.05) is 38.4 Å². The summed E-state index contributed by atoms with van der Waals surface area (Å²) in [6.07, 6.45) is 4.31. The van der Waals surface area contributed by atoms with Crippen molar-refractivity contribution < 1.29 is 38.1 Å². The molecule has 0 heterocycles. The van der Waals surface area contributed by atoms with Gasteiger partial charge in [0.2, 0.25) is 0 Å². The van der Waals surface area contributed by atoms with E-state index in [-0.39, 0.29) is 32.2 Å². The summed E-state index contributed by atoms with van der Waals surface area (Å²) in [5, 5.41) is 0. The topological polar surface area (TPSA) is 105 Å². The van der Waals surface area contributed by atoms with Crippen molar-refractivity contribution in [2.24, 2.45) is 0 Å². The average Bonchev–Trinajstić information content (AvgIpc) is 2.91. The Morgan fingerprint density at radius 3 is 1.83 bits per heavy atom. The Balaban J connectivity index is 2.49. The van der Waals surface area contributed by atoms with Crippen LogP contribution < -0.4 is 4.74 Å². The number of ketones is 1. The minimum absolute atomic E-state index is 0.0108. The number of hydrogen-bond donors (Lipinski definition) is 0. The summed E-state index contributed by atoms with van der Waals surface area (Å²) < 4.78 is 21.1. The number of rotatable bonds is 14. The fraction of sp³-hybridized carbons (Fsp3) is 0.143. The van der Waals surface area contributed by atoms with Gasteiger partial charge in [-0.05, 0) is 58.2 Å². The molecule has 0 amide bonds. The molecule has 0 unspecified atom stereocenters. The summed E-state index contributed by atoms with van der Waals surface area (Å²) in [5.41, 5.74) is 3.15. The Hall–Kier alpha value is -4.72. The monoisotopic (exact) mass is 490 g/mol. The van der Waals surface area contributed by atoms with Crippen LogP contribution in [-0.4, -0.2) is 30.3 Å². The fourth-order valence-corrected chi connectivity index (χ4v) is 2.97. The maximum Gasteiger partial charge on any atom is 0.330 e. The van der Waals surface area contributed by atoms with E-state index in [2.05, 4.69) is 26.3 Å². The van der Waals surface area contributed by atoms with Gasteiger partial charge in [0.15, 0.2) is 12.4 Å². The largest absolute Gasteiger partial charge is 0.485 e. The first kappa shape index (κ1) is 27.5. The fourth-order valence-electron chi connectivity index (χ4n) is 2.97. The Morgan fingerprint density at radius 1 is 0.667 bits per heavy atom. The molecule has 2 aromatic rings. The lowest BCUT2D eigenvalue weighted by Crippen LogP contribution is -2.08. The third-order valence-electron chi connectivity index (χ3n) is 4.69. The summed E-state index contributed by atoms with van der Waals surface area (Å²) in [4.78, 5) is 46.4. The summed E-state index contributed by atoms with van der Waals surface area (Å²) in [6.45, 7) is 13.2. The van der Waals surface area contributed by atoms with Gasteiger partial charge in [0, 0.05) is 18.2 Å². The SMILES string of the molecule is C=CC(=O)COc1cc(COC(=O)C=C)cc(-c2ccc(COC(=O)C=C)cc2COC(=O)C=C)c1. The standard InChI is InChI=1S/C28H26O8/c1-5-23(29)18-33-24-13-20(16-35-27(31)7-3)12-21(14-24)25-10-9-19(15-34-26(30)6-2)11-22(25)17-36-28(32)8-4/h5-14H,1-4,15-18H2. The zero-order valence-electron chi connectivity index (χ0n) is 19.7. The van der Waals surface area contributed by atoms with E-state index in [0.717, 1.165) is 24.3 Å². The second-order valence-electron chi connectivity index (χ2n) is 7.25. The molecule has 0 aromatic heterocycles. The predicted molar refractivity (Wildman–Crippen MR) is 133 cm³/mol. The molecule has 0 radical (unpaired) electrons. The molecular formula is C28H26O8. The molecule has 0 atom stereocenters. The second kappa shape index (κ2) is 13.9. The van der Waals surface area contributed by atoms with Crippen LogP contribution in [0.4, 0.5) is 0 Å². The second-order valence-corrected chi connectivity index (χ2v) is 7.25. The van der Waals surface area contributed by atoms with Gasteiger partial charge < -0.3 is 18.9 Å². The molecule has 0 aliphatic rings. The Labute approximate surface area is 209 Å². The molecule has 0 N–H and O–H groups in total. The molecule has 2 rings (SSSR count). The van der Waals surface area contributed by atoms with Gasteiger partial charge in [0.25, 0.3) is 0 Å². The normalized spacial score (nSPS) is 9.89. The molecule has 36 heavy (non-hydrogen) atoms. The molecular weight excluding hydrogens is 464 g/mol. The van der Waals surface area contributed by atoms with Crippen LogP contribution >= 0.6 is 0 Å². The molecule has 0 saturated carbocycles. The molecule has 2 aromatic carbocycles. The third kappa shape index (κ3) is 8.57. The van der Waals surface area contributed by atoms with Crippen LogP contribution in [0, 0.1) is 0 Å². The van der Waals surface area contributed by atoms with Crippen LogP contribution in [0.2, 0.25) is 0 Å². The molecule has 8 nitrogen and oxygen atoms in total. The summed E-state index contributed by atoms with van der Waals surface area (Å²) in [7, 11) is 0. The zero-order chi connectivity index (χ0) is 26.5. The van der Waals surface area contributed by atoms with E-state index < -0.39 is 17.9 Å². The Morgan fingerprint density at radius 2 is 1.25 bits per heavy atom. The van der Waals surface area contributed by atoms with E-state index in [9.17, 15) is 19.2 Å². The molecule has 0 aliphatic heterocycles. The third-order valence-corrected chi connectivity index (χ3v) is 4.69. The summed E-state index contributed by atoms with van der Waals surface area (Å²) >= 11 is 0. The molecule has 0 fully saturated rings. The molecule has 0 saturated heterocycles. The van der Waals surface area contributed by atoms with Crippen molar-refractivity contribution in [1.82, 2.24) is 0 Å². The van der Waals surface area contributed by atoms with E-state index in [1.807, 2.05) is 0 Å². The molecule has 0 aliphatic carbocycles. The molecule has 0 spiro atoms. The smallest absolute Gasteiger partial charge is 0.330 e. The van der Waals surface area contributed by atoms with Crippen molar-refractivity contribution in [2.45, 2.75) is 19.8 Å². The van der Waals surface area contributed by atoms with Crippen molar-refractivity contribution in [2.75, 3.05) is 6.61 Å². The molecule has 0 bridgehead atoms. The first-order valence-corrected chi connectivity index (χ1v) is 10.7. The average molecular weight is 491 g/mol. The maximum atomic E-state index is 11.7. The van der Waals surface area contributed by atoms with E-state index >= 15 is 0 Å². The Kier molecular flexibility index (Phi) is 10.6. The van der Waals surface area contributed by atoms with E-state index in [1.54, 1.807) is 36.4 Å². The number of carbonyl (C=O) groups is 4. The van der Waals surface area contributed by atoms with Crippen LogP contribution in [0.5, 0.6) is 5.75 Å². The van der Waals surface area contributed by atoms with Gasteiger partial charge in [-0.25, -0.2) is 14.4 Å². The summed E-state index contributed by atoms with van der Waals surface area (Å²) in [5.74, 6) is -1.74. The summed E-state index contributed by atoms with van der Waals surface area (Å²) in [6, 6.07) is 10.3. The maximum absolute atomic E-state index is 11.7. The minimum atomic E-state index is -0.610. The van der Waals surface area contributed by atoms with Crippen molar-refractivity contribution in [1.29, 1.82) is 0 Å². The first-order valence-electron chi connectivity index (χ1n) is 10.7. The highest BCUT2D eigenvalue weighted by Crippen LogP contribution is 2.31. The van der Waals surface area contributed by atoms with Crippen LogP contribution in [0.3, 0.4) is 0 Å². The van der Waals surface area contributed by atoms with Gasteiger partial charge in [0.05, 0.1) is 0 Å². The minimum Gasteiger partial charge on any atom is -0.485 e. The van der Waals surface area contributed by atoms with E-state index in [1.165, 1.54) is 0 Å². The highest BCUT2D eigenvalue weighted by atomic mass is 16.5. The van der Waals surface area contributed by atoms with Crippen molar-refractivity contribution in [3.63, 3.8) is 0 Å². The Bertz CT molecular complexity index is 1150. The molecule has 8 heteroatoms. The van der Waals surface area contributed by atoms with Crippen molar-refractivity contribution in [3.8, 4) is 16.9 Å². The van der Waals surface area contributed by atoms with Crippen LogP contribution in [0.15, 0.2) is 87.0 Å². The lowest BCUT2D eigenvalue weighted by molar-refractivity contribution is -0.139. The van der Waals surface area contributed by atoms with Crippen LogP contribution in [0.1, 0.15) is 16.7 Å². The molecule has 186 valence electrons. The van der Waals surface area contributed by atoms with Gasteiger partial charge in [-0.3, -0.25) is 4.79 Å². The lowest BCUT2D eigenvalue weighted by Gasteiger charge is -2.15.